The normalized spacial score (nSPS) is 12.0. The van der Waals surface area contributed by atoms with Crippen LogP contribution in [-0.4, -0.2) is 25.0 Å². The highest BCUT2D eigenvalue weighted by atomic mass is 32.1. The van der Waals surface area contributed by atoms with E-state index >= 15 is 0 Å². The van der Waals surface area contributed by atoms with Gasteiger partial charge in [0.05, 0.1) is 12.6 Å². The zero-order chi connectivity index (χ0) is 19.6. The molecule has 0 aliphatic rings. The molecule has 27 heavy (non-hydrogen) atoms. The van der Waals surface area contributed by atoms with E-state index in [0.29, 0.717) is 12.5 Å². The number of unbranched alkanes of at least 4 members (excludes halogenated alkanes) is 1. The Labute approximate surface area is 165 Å². The van der Waals surface area contributed by atoms with E-state index in [9.17, 15) is 9.59 Å². The highest BCUT2D eigenvalue weighted by molar-refractivity contribution is 7.10. The van der Waals surface area contributed by atoms with E-state index in [1.165, 1.54) is 5.56 Å². The average Bonchev–Trinajstić information content (AvgIpc) is 3.17. The fraction of sp³-hybridized carbons (Fsp3) is 0.429. The molecule has 1 heterocycles. The number of nitrogens with one attached hydrogen (secondary N) is 3. The number of amides is 3. The van der Waals surface area contributed by atoms with E-state index in [4.69, 9.17) is 0 Å². The van der Waals surface area contributed by atoms with E-state index in [-0.39, 0.29) is 18.5 Å². The number of hydrogen-bond acceptors (Lipinski definition) is 4. The number of hydrogen-bond donors (Lipinski definition) is 3. The van der Waals surface area contributed by atoms with Crippen LogP contribution in [-0.2, 0) is 4.79 Å². The minimum atomic E-state index is -0.441. The van der Waals surface area contributed by atoms with Gasteiger partial charge in [0.2, 0.25) is 5.91 Å². The Balaban J connectivity index is 1.97. The summed E-state index contributed by atoms with van der Waals surface area (Å²) >= 11 is 1.64. The maximum Gasteiger partial charge on any atom is 0.321 e. The fourth-order valence-corrected chi connectivity index (χ4v) is 3.53. The molecule has 3 amide bonds. The second-order valence-corrected chi connectivity index (χ2v) is 7.79. The lowest BCUT2D eigenvalue weighted by Gasteiger charge is -2.19. The van der Waals surface area contributed by atoms with Gasteiger partial charge in [0, 0.05) is 11.4 Å². The molecule has 5 nitrogen and oxygen atoms in total. The van der Waals surface area contributed by atoms with E-state index in [2.05, 4.69) is 54.1 Å². The van der Waals surface area contributed by atoms with E-state index in [1.54, 1.807) is 11.3 Å². The molecule has 1 aromatic heterocycles. The van der Waals surface area contributed by atoms with Crippen LogP contribution in [0.3, 0.4) is 0 Å². The second kappa shape index (κ2) is 10.8. The Hall–Kier alpha value is -2.18. The summed E-state index contributed by atoms with van der Waals surface area (Å²) in [6.45, 7) is 7.02. The lowest BCUT2D eigenvalue weighted by atomic mass is 9.98. The first-order valence-corrected chi connectivity index (χ1v) is 10.3. The Morgan fingerprint density at radius 2 is 1.78 bits per heavy atom. The lowest BCUT2D eigenvalue weighted by molar-refractivity contribution is -0.119. The first-order valence-electron chi connectivity index (χ1n) is 9.45. The van der Waals surface area contributed by atoms with Gasteiger partial charge in [-0.2, -0.15) is 0 Å². The fourth-order valence-electron chi connectivity index (χ4n) is 2.70. The molecule has 2 rings (SSSR count). The van der Waals surface area contributed by atoms with Gasteiger partial charge in [-0.3, -0.25) is 15.4 Å². The van der Waals surface area contributed by atoms with Crippen molar-refractivity contribution in [1.82, 2.24) is 16.0 Å². The summed E-state index contributed by atoms with van der Waals surface area (Å²) < 4.78 is 0. The van der Waals surface area contributed by atoms with Gasteiger partial charge >= 0.3 is 6.03 Å². The van der Waals surface area contributed by atoms with Crippen LogP contribution in [0.25, 0.3) is 0 Å². The molecule has 2 aromatic rings. The minimum Gasteiger partial charge on any atom is -0.338 e. The number of rotatable bonds is 9. The molecular weight excluding hydrogens is 358 g/mol. The van der Waals surface area contributed by atoms with Gasteiger partial charge in [0.1, 0.15) is 0 Å². The predicted molar refractivity (Wildman–Crippen MR) is 111 cm³/mol. The highest BCUT2D eigenvalue weighted by Gasteiger charge is 2.17. The lowest BCUT2D eigenvalue weighted by Crippen LogP contribution is -2.44. The van der Waals surface area contributed by atoms with Gasteiger partial charge in [-0.05, 0) is 34.9 Å². The van der Waals surface area contributed by atoms with Crippen LogP contribution in [0.15, 0.2) is 41.8 Å². The van der Waals surface area contributed by atoms with Gasteiger partial charge in [0.15, 0.2) is 0 Å². The Morgan fingerprint density at radius 1 is 1.07 bits per heavy atom. The van der Waals surface area contributed by atoms with Crippen molar-refractivity contribution in [2.45, 2.75) is 45.6 Å². The van der Waals surface area contributed by atoms with Crippen LogP contribution in [0.4, 0.5) is 4.79 Å². The van der Waals surface area contributed by atoms with Crippen molar-refractivity contribution in [3.8, 4) is 0 Å². The third-order valence-corrected chi connectivity index (χ3v) is 5.24. The molecule has 0 fully saturated rings. The van der Waals surface area contributed by atoms with Crippen LogP contribution in [0, 0.1) is 0 Å². The van der Waals surface area contributed by atoms with E-state index < -0.39 is 6.03 Å². The molecule has 0 spiro atoms. The van der Waals surface area contributed by atoms with Gasteiger partial charge in [0.25, 0.3) is 0 Å². The number of carbonyl (C=O) groups excluding carboxylic acids is 2. The van der Waals surface area contributed by atoms with Crippen molar-refractivity contribution in [3.05, 3.63) is 57.8 Å². The van der Waals surface area contributed by atoms with Gasteiger partial charge in [-0.25, -0.2) is 4.79 Å². The number of imide groups is 1. The second-order valence-electron chi connectivity index (χ2n) is 6.81. The van der Waals surface area contributed by atoms with Gasteiger partial charge < -0.3 is 5.32 Å². The standard InChI is InChI=1S/C21H29N3O2S/c1-4-5-12-22-21(26)24-19(25)14-23-20(18-7-6-13-27-18)17-10-8-16(9-11-17)15(2)3/h6-11,13,15,20,23H,4-5,12,14H2,1-3H3,(H2,22,24,25,26)/t20-/m0/s1. The smallest absolute Gasteiger partial charge is 0.321 e. The minimum absolute atomic E-state index is 0.0652. The van der Waals surface area contributed by atoms with Crippen molar-refractivity contribution in [2.75, 3.05) is 13.1 Å². The first-order chi connectivity index (χ1) is 13.0. The molecule has 0 saturated heterocycles. The number of urea groups is 1. The van der Waals surface area contributed by atoms with Crippen molar-refractivity contribution in [3.63, 3.8) is 0 Å². The highest BCUT2D eigenvalue weighted by Crippen LogP contribution is 2.27. The average molecular weight is 388 g/mol. The Kier molecular flexibility index (Phi) is 8.48. The third kappa shape index (κ3) is 6.81. The van der Waals surface area contributed by atoms with E-state index in [0.717, 1.165) is 23.3 Å². The maximum absolute atomic E-state index is 12.1. The zero-order valence-corrected chi connectivity index (χ0v) is 17.1. The number of carbonyl (C=O) groups is 2. The summed E-state index contributed by atoms with van der Waals surface area (Å²) in [7, 11) is 0. The largest absolute Gasteiger partial charge is 0.338 e. The molecule has 0 aliphatic heterocycles. The third-order valence-electron chi connectivity index (χ3n) is 4.30. The molecule has 0 unspecified atom stereocenters. The number of benzene rings is 1. The molecule has 0 bridgehead atoms. The van der Waals surface area contributed by atoms with Gasteiger partial charge in [-0.1, -0.05) is 57.5 Å². The molecule has 0 saturated carbocycles. The predicted octanol–water partition coefficient (Wildman–Crippen LogP) is 4.18. The monoisotopic (exact) mass is 387 g/mol. The summed E-state index contributed by atoms with van der Waals surface area (Å²) in [6.07, 6.45) is 1.89. The van der Waals surface area contributed by atoms with Crippen LogP contribution >= 0.6 is 11.3 Å². The Morgan fingerprint density at radius 3 is 2.37 bits per heavy atom. The molecule has 6 heteroatoms. The SMILES string of the molecule is CCCCNC(=O)NC(=O)CN[C@@H](c1ccc(C(C)C)cc1)c1cccs1. The molecular formula is C21H29N3O2S. The topological polar surface area (TPSA) is 70.2 Å². The maximum atomic E-state index is 12.1. The Bertz CT molecular complexity index is 712. The molecule has 1 atom stereocenters. The quantitative estimate of drug-likeness (QED) is 0.566. The first kappa shape index (κ1) is 21.1. The van der Waals surface area contributed by atoms with Crippen molar-refractivity contribution < 1.29 is 9.59 Å². The summed E-state index contributed by atoms with van der Waals surface area (Å²) in [6, 6.07) is 12.0. The van der Waals surface area contributed by atoms with Crippen LogP contribution < -0.4 is 16.0 Å². The molecule has 1 aromatic carbocycles. The molecule has 146 valence electrons. The summed E-state index contributed by atoms with van der Waals surface area (Å²) in [4.78, 5) is 24.9. The van der Waals surface area contributed by atoms with Crippen LogP contribution in [0.5, 0.6) is 0 Å². The van der Waals surface area contributed by atoms with Crippen molar-refractivity contribution in [2.24, 2.45) is 0 Å². The zero-order valence-electron chi connectivity index (χ0n) is 16.2. The molecule has 3 N–H and O–H groups in total. The van der Waals surface area contributed by atoms with Crippen molar-refractivity contribution >= 4 is 23.3 Å². The molecule has 0 radical (unpaired) electrons. The van der Waals surface area contributed by atoms with Crippen molar-refractivity contribution in [1.29, 1.82) is 0 Å². The van der Waals surface area contributed by atoms with Crippen LogP contribution in [0.1, 0.15) is 61.6 Å². The summed E-state index contributed by atoms with van der Waals surface area (Å²) in [5.74, 6) is 0.133. The summed E-state index contributed by atoms with van der Waals surface area (Å²) in [5, 5.41) is 10.3. The summed E-state index contributed by atoms with van der Waals surface area (Å²) in [5.41, 5.74) is 2.38. The van der Waals surface area contributed by atoms with Gasteiger partial charge in [-0.15, -0.1) is 11.3 Å². The molecule has 0 aliphatic carbocycles. The van der Waals surface area contributed by atoms with Crippen LogP contribution in [0.2, 0.25) is 0 Å². The number of thiophene rings is 1. The van der Waals surface area contributed by atoms with E-state index in [1.807, 2.05) is 24.4 Å².